The fourth-order valence-electron chi connectivity index (χ4n) is 5.21. The minimum absolute atomic E-state index is 0.0636. The zero-order valence-electron chi connectivity index (χ0n) is 33.5. The van der Waals surface area contributed by atoms with Gasteiger partial charge >= 0.3 is 95.3 Å². The molecule has 0 fully saturated rings. The standard InChI is InChI=1S/C31H12Cl6F34N4/c32-16(33,34)12-72-11(73-13(74-12)17(35,36)37)9-1-3-10(4-2-9)75(7-5-14(38,39)18(42,43)20(46,47)22(50,51)24(54,55)26(58,59)28(62,63)30(66,67)68)8-6-15(40,41)19(44,45)21(48,49)23(52,53)25(56,57)27(60,61)29(64,65)31(69,70)71/h1-4H,5-8H2. The van der Waals surface area contributed by atoms with E-state index in [4.69, 9.17) is 69.6 Å². The lowest BCUT2D eigenvalue weighted by Gasteiger charge is -2.43. The number of rotatable bonds is 20. The second-order valence-corrected chi connectivity index (χ2v) is 19.2. The summed E-state index contributed by atoms with van der Waals surface area (Å²) in [7, 11) is 0. The second kappa shape index (κ2) is 19.6. The largest absolute Gasteiger partial charge is 0.460 e. The van der Waals surface area contributed by atoms with Crippen molar-refractivity contribution < 1.29 is 149 Å². The molecule has 44 heteroatoms. The van der Waals surface area contributed by atoms with Crippen LogP contribution in [0.15, 0.2) is 24.3 Å². The Morgan fingerprint density at radius 3 is 0.760 bits per heavy atom. The van der Waals surface area contributed by atoms with Gasteiger partial charge in [-0.2, -0.15) is 149 Å². The molecule has 0 amide bonds. The van der Waals surface area contributed by atoms with Crippen molar-refractivity contribution in [2.75, 3.05) is 18.0 Å². The maximum atomic E-state index is 14.9. The van der Waals surface area contributed by atoms with Crippen LogP contribution in [0.4, 0.5) is 155 Å². The molecule has 0 aliphatic rings. The highest BCUT2D eigenvalue weighted by Gasteiger charge is 2.97. The molecular formula is C31H12Cl6F34N4. The van der Waals surface area contributed by atoms with E-state index in [0.717, 1.165) is 0 Å². The molecule has 436 valence electrons. The predicted octanol–water partition coefficient (Wildman–Crippen LogP) is 16.8. The van der Waals surface area contributed by atoms with E-state index in [1.54, 1.807) is 0 Å². The molecule has 2 rings (SSSR count). The van der Waals surface area contributed by atoms with Crippen LogP contribution in [0.3, 0.4) is 0 Å². The zero-order valence-corrected chi connectivity index (χ0v) is 38.1. The molecule has 1 heterocycles. The van der Waals surface area contributed by atoms with Crippen LogP contribution >= 0.6 is 69.6 Å². The molecular weight excluding hydrogens is 1290 g/mol. The minimum atomic E-state index is -9.22. The van der Waals surface area contributed by atoms with Gasteiger partial charge in [0.2, 0.25) is 7.59 Å². The molecule has 75 heavy (non-hydrogen) atoms. The summed E-state index contributed by atoms with van der Waals surface area (Å²) in [5.74, 6) is -125. The van der Waals surface area contributed by atoms with Crippen molar-refractivity contribution in [3.05, 3.63) is 35.9 Å². The van der Waals surface area contributed by atoms with E-state index in [-0.39, 0.29) is 12.1 Å². The molecule has 1 aromatic heterocycles. The van der Waals surface area contributed by atoms with Crippen molar-refractivity contribution in [1.29, 1.82) is 0 Å². The Morgan fingerprint density at radius 2 is 0.533 bits per heavy atom. The summed E-state index contributed by atoms with van der Waals surface area (Å²) in [6, 6.07) is 0.744. The number of alkyl halides is 40. The van der Waals surface area contributed by atoms with Crippen molar-refractivity contribution in [2.24, 2.45) is 0 Å². The third-order valence-electron chi connectivity index (χ3n) is 9.60. The van der Waals surface area contributed by atoms with Crippen molar-refractivity contribution in [3.63, 3.8) is 0 Å². The molecule has 0 aliphatic carbocycles. The maximum absolute atomic E-state index is 14.9. The van der Waals surface area contributed by atoms with Crippen LogP contribution in [0.1, 0.15) is 24.5 Å². The molecule has 1 aromatic carbocycles. The van der Waals surface area contributed by atoms with Gasteiger partial charge in [0, 0.05) is 37.2 Å². The third-order valence-corrected chi connectivity index (χ3v) is 10.6. The van der Waals surface area contributed by atoms with Crippen LogP contribution in [0.2, 0.25) is 0 Å². The van der Waals surface area contributed by atoms with Crippen molar-refractivity contribution in [1.82, 2.24) is 15.0 Å². The molecule has 0 unspecified atom stereocenters. The highest BCUT2D eigenvalue weighted by molar-refractivity contribution is 6.67. The summed E-state index contributed by atoms with van der Waals surface area (Å²) >= 11 is 33.8. The first-order valence-electron chi connectivity index (χ1n) is 17.5. The Labute approximate surface area is 419 Å². The molecule has 0 saturated heterocycles. The summed E-state index contributed by atoms with van der Waals surface area (Å²) in [4.78, 5) is 9.62. The predicted molar refractivity (Wildman–Crippen MR) is 187 cm³/mol. The van der Waals surface area contributed by atoms with E-state index in [1.165, 1.54) is 0 Å². The average molecular weight is 1300 g/mol. The quantitative estimate of drug-likeness (QED) is 0.0979. The van der Waals surface area contributed by atoms with E-state index in [2.05, 4.69) is 15.0 Å². The number of aromatic nitrogens is 3. The Bertz CT molecular complexity index is 2210. The SMILES string of the molecule is FC(F)(F)C(F)(F)C(F)(F)C(F)(F)C(F)(F)C(F)(F)C(F)(F)C(F)(F)CCN(CCC(F)(F)C(F)(F)C(F)(F)C(F)(F)C(F)(F)C(F)(F)C(F)(F)C(F)(F)F)c1ccc(-c2nc(C(Cl)(Cl)Cl)nc(C(Cl)(Cl)Cl)n2)cc1. The van der Waals surface area contributed by atoms with Crippen LogP contribution in [0.25, 0.3) is 11.4 Å². The molecule has 0 aliphatic heterocycles. The number of anilines is 1. The number of hydrogen-bond donors (Lipinski definition) is 0. The molecule has 2 aromatic rings. The number of benzene rings is 1. The highest BCUT2D eigenvalue weighted by atomic mass is 35.6. The van der Waals surface area contributed by atoms with Gasteiger partial charge in [0.25, 0.3) is 0 Å². The molecule has 0 bridgehead atoms. The van der Waals surface area contributed by atoms with Crippen LogP contribution in [0, 0.1) is 0 Å². The van der Waals surface area contributed by atoms with Gasteiger partial charge in [0.1, 0.15) is 0 Å². The Morgan fingerprint density at radius 1 is 0.307 bits per heavy atom. The van der Waals surface area contributed by atoms with Gasteiger partial charge in [0.15, 0.2) is 17.5 Å². The fourth-order valence-corrected chi connectivity index (χ4v) is 5.71. The van der Waals surface area contributed by atoms with Crippen LogP contribution < -0.4 is 4.90 Å². The first-order valence-corrected chi connectivity index (χ1v) is 19.8. The normalized spacial score (nSPS) is 15.9. The van der Waals surface area contributed by atoms with Crippen molar-refractivity contribution in [3.8, 4) is 11.4 Å². The third kappa shape index (κ3) is 10.9. The zero-order chi connectivity index (χ0) is 60.2. The van der Waals surface area contributed by atoms with E-state index in [9.17, 15) is 149 Å². The molecule has 0 saturated carbocycles. The van der Waals surface area contributed by atoms with Gasteiger partial charge in [-0.1, -0.05) is 69.6 Å². The summed E-state index contributed by atoms with van der Waals surface area (Å²) in [6.45, 7) is -5.76. The molecule has 0 spiro atoms. The first-order chi connectivity index (χ1) is 32.4. The van der Waals surface area contributed by atoms with E-state index < -0.39 is 162 Å². The fraction of sp³-hybridized carbons (Fsp3) is 0.710. The topological polar surface area (TPSA) is 41.9 Å². The Kier molecular flexibility index (Phi) is 17.9. The summed E-state index contributed by atoms with van der Waals surface area (Å²) in [5.41, 5.74) is -2.27. The molecule has 0 radical (unpaired) electrons. The minimum Gasteiger partial charge on any atom is -0.371 e. The lowest BCUT2D eigenvalue weighted by atomic mass is 9.88. The van der Waals surface area contributed by atoms with Gasteiger partial charge in [-0.15, -0.1) is 0 Å². The highest BCUT2D eigenvalue weighted by Crippen LogP contribution is 2.66. The summed E-state index contributed by atoms with van der Waals surface area (Å²) in [6.07, 6.45) is -23.8. The average Bonchev–Trinajstić information content (AvgIpc) is 3.21. The van der Waals surface area contributed by atoms with E-state index >= 15 is 0 Å². The maximum Gasteiger partial charge on any atom is 0.460 e. The van der Waals surface area contributed by atoms with E-state index in [0.29, 0.717) is 12.1 Å². The molecule has 0 N–H and O–H groups in total. The van der Waals surface area contributed by atoms with Gasteiger partial charge < -0.3 is 4.90 Å². The van der Waals surface area contributed by atoms with Crippen molar-refractivity contribution >= 4 is 75.3 Å². The number of nitrogens with zero attached hydrogens (tertiary/aromatic N) is 4. The number of hydrogen-bond acceptors (Lipinski definition) is 4. The first kappa shape index (κ1) is 68.5. The Balaban J connectivity index is 2.88. The lowest BCUT2D eigenvalue weighted by Crippen LogP contribution is -2.74. The monoisotopic (exact) mass is 1300 g/mol. The van der Waals surface area contributed by atoms with Crippen molar-refractivity contribution in [2.45, 2.75) is 116 Å². The van der Waals surface area contributed by atoms with Crippen LogP contribution in [0.5, 0.6) is 0 Å². The van der Waals surface area contributed by atoms with Gasteiger partial charge in [-0.05, 0) is 24.3 Å². The lowest BCUT2D eigenvalue weighted by molar-refractivity contribution is -0.461. The van der Waals surface area contributed by atoms with Gasteiger partial charge in [-0.25, -0.2) is 15.0 Å². The van der Waals surface area contributed by atoms with Crippen LogP contribution in [-0.2, 0) is 7.59 Å². The van der Waals surface area contributed by atoms with E-state index in [1.807, 2.05) is 0 Å². The van der Waals surface area contributed by atoms with Crippen LogP contribution in [-0.4, -0.2) is 123 Å². The van der Waals surface area contributed by atoms with Gasteiger partial charge in [-0.3, -0.25) is 0 Å². The second-order valence-electron chi connectivity index (χ2n) is 14.6. The summed E-state index contributed by atoms with van der Waals surface area (Å²) in [5, 5.41) is 0. The van der Waals surface area contributed by atoms with Gasteiger partial charge in [0.05, 0.1) is 0 Å². The number of halogens is 40. The molecule has 4 nitrogen and oxygen atoms in total. The Hall–Kier alpha value is -2.61. The summed E-state index contributed by atoms with van der Waals surface area (Å²) < 4.78 is 465. The smallest absolute Gasteiger partial charge is 0.371 e. The molecule has 0 atom stereocenters.